The number of ether oxygens (including phenoxy) is 2. The van der Waals surface area contributed by atoms with E-state index in [1.165, 1.54) is 5.56 Å². The highest BCUT2D eigenvalue weighted by atomic mass is 16.5. The minimum absolute atomic E-state index is 0.498. The molecule has 2 fully saturated rings. The van der Waals surface area contributed by atoms with Gasteiger partial charge in [0.25, 0.3) is 0 Å². The Kier molecular flexibility index (Phi) is 5.32. The van der Waals surface area contributed by atoms with Crippen LogP contribution in [0, 0.1) is 12.8 Å². The van der Waals surface area contributed by atoms with Crippen molar-refractivity contribution in [3.8, 4) is 17.1 Å². The molecule has 170 valence electrons. The SMILES string of the molecule is Cc1cccc(-c2ccn(-c3cc(N4CCOCC4)c4ncn(C[C@H]5CCOC5)c4n3)n2)c1. The topological polar surface area (TPSA) is 70.2 Å². The second-order valence-electron chi connectivity index (χ2n) is 8.91. The summed E-state index contributed by atoms with van der Waals surface area (Å²) in [6.45, 7) is 7.73. The van der Waals surface area contributed by atoms with Crippen LogP contribution in [0.1, 0.15) is 12.0 Å². The fourth-order valence-electron chi connectivity index (χ4n) is 4.72. The zero-order chi connectivity index (χ0) is 22.2. The van der Waals surface area contributed by atoms with E-state index in [4.69, 9.17) is 24.5 Å². The molecule has 4 aromatic rings. The van der Waals surface area contributed by atoms with Crippen molar-refractivity contribution < 1.29 is 9.47 Å². The van der Waals surface area contributed by atoms with Crippen molar-refractivity contribution in [2.45, 2.75) is 19.9 Å². The number of anilines is 1. The molecule has 8 nitrogen and oxygen atoms in total. The van der Waals surface area contributed by atoms with Crippen LogP contribution in [0.3, 0.4) is 0 Å². The summed E-state index contributed by atoms with van der Waals surface area (Å²) in [6, 6.07) is 12.6. The normalized spacial score (nSPS) is 18.9. The van der Waals surface area contributed by atoms with E-state index < -0.39 is 0 Å². The minimum atomic E-state index is 0.498. The number of benzene rings is 1. The lowest BCUT2D eigenvalue weighted by Gasteiger charge is -2.29. The van der Waals surface area contributed by atoms with Gasteiger partial charge in [-0.1, -0.05) is 23.8 Å². The maximum atomic E-state index is 5.59. The number of pyridine rings is 1. The molecule has 0 spiro atoms. The Hall–Kier alpha value is -3.23. The van der Waals surface area contributed by atoms with E-state index in [0.717, 1.165) is 86.4 Å². The molecule has 0 N–H and O–H groups in total. The van der Waals surface area contributed by atoms with Crippen molar-refractivity contribution in [3.63, 3.8) is 0 Å². The molecule has 3 aromatic heterocycles. The molecule has 0 bridgehead atoms. The highest BCUT2D eigenvalue weighted by Crippen LogP contribution is 2.29. The highest BCUT2D eigenvalue weighted by molar-refractivity contribution is 5.87. The lowest BCUT2D eigenvalue weighted by atomic mass is 10.1. The molecule has 33 heavy (non-hydrogen) atoms. The van der Waals surface area contributed by atoms with E-state index in [1.54, 1.807) is 0 Å². The number of nitrogens with zero attached hydrogens (tertiary/aromatic N) is 6. The number of imidazole rings is 1. The first-order chi connectivity index (χ1) is 16.2. The Bertz CT molecular complexity index is 1270. The Morgan fingerprint density at radius 1 is 1.06 bits per heavy atom. The predicted octanol–water partition coefficient (Wildman–Crippen LogP) is 3.47. The number of morpholine rings is 1. The van der Waals surface area contributed by atoms with E-state index in [1.807, 2.05) is 23.3 Å². The summed E-state index contributed by atoms with van der Waals surface area (Å²) in [4.78, 5) is 12.2. The molecule has 2 aliphatic heterocycles. The van der Waals surface area contributed by atoms with Gasteiger partial charge in [0, 0.05) is 50.0 Å². The first-order valence-electron chi connectivity index (χ1n) is 11.6. The number of fused-ring (bicyclic) bond motifs is 1. The Labute approximate surface area is 192 Å². The average molecular weight is 445 g/mol. The van der Waals surface area contributed by atoms with E-state index in [0.29, 0.717) is 5.92 Å². The van der Waals surface area contributed by atoms with Crippen LogP contribution in [0.5, 0.6) is 0 Å². The molecule has 0 aliphatic carbocycles. The van der Waals surface area contributed by atoms with Crippen LogP contribution in [0.15, 0.2) is 48.9 Å². The highest BCUT2D eigenvalue weighted by Gasteiger charge is 2.22. The van der Waals surface area contributed by atoms with Crippen LogP contribution in [-0.4, -0.2) is 63.8 Å². The van der Waals surface area contributed by atoms with Gasteiger partial charge in [0.1, 0.15) is 5.52 Å². The van der Waals surface area contributed by atoms with Crippen molar-refractivity contribution in [2.75, 3.05) is 44.4 Å². The van der Waals surface area contributed by atoms with E-state index >= 15 is 0 Å². The average Bonchev–Trinajstić information content (AvgIpc) is 3.61. The molecular weight excluding hydrogens is 416 g/mol. The third-order valence-corrected chi connectivity index (χ3v) is 6.51. The quantitative estimate of drug-likeness (QED) is 0.470. The van der Waals surface area contributed by atoms with Crippen LogP contribution in [-0.2, 0) is 16.0 Å². The summed E-state index contributed by atoms with van der Waals surface area (Å²) in [5.41, 5.74) is 6.18. The summed E-state index contributed by atoms with van der Waals surface area (Å²) < 4.78 is 15.2. The number of hydrogen-bond acceptors (Lipinski definition) is 6. The maximum Gasteiger partial charge on any atom is 0.164 e. The van der Waals surface area contributed by atoms with Crippen LogP contribution in [0.2, 0.25) is 0 Å². The zero-order valence-corrected chi connectivity index (χ0v) is 18.9. The standard InChI is InChI=1S/C25H28N6O2/c1-18-3-2-4-20(13-18)21-5-7-31(28-21)23-14-22(29-8-11-32-12-9-29)24-25(27-23)30(17-26-24)15-19-6-10-33-16-19/h2-5,7,13-14,17,19H,6,8-12,15-16H2,1H3/t19-/m1/s1. The van der Waals surface area contributed by atoms with E-state index in [9.17, 15) is 0 Å². The Balaban J connectivity index is 1.43. The van der Waals surface area contributed by atoms with Gasteiger partial charge in [-0.15, -0.1) is 0 Å². The van der Waals surface area contributed by atoms with Gasteiger partial charge < -0.3 is 18.9 Å². The second-order valence-corrected chi connectivity index (χ2v) is 8.91. The van der Waals surface area contributed by atoms with Gasteiger partial charge in [0.05, 0.1) is 37.5 Å². The van der Waals surface area contributed by atoms with Crippen LogP contribution >= 0.6 is 0 Å². The van der Waals surface area contributed by atoms with Crippen molar-refractivity contribution in [1.29, 1.82) is 0 Å². The van der Waals surface area contributed by atoms with Crippen molar-refractivity contribution in [1.82, 2.24) is 24.3 Å². The summed E-state index contributed by atoms with van der Waals surface area (Å²) >= 11 is 0. The number of rotatable bonds is 5. The van der Waals surface area contributed by atoms with Gasteiger partial charge in [-0.2, -0.15) is 5.10 Å². The Morgan fingerprint density at radius 3 is 2.79 bits per heavy atom. The molecule has 2 saturated heterocycles. The van der Waals surface area contributed by atoms with E-state index in [2.05, 4.69) is 46.7 Å². The van der Waals surface area contributed by atoms with Crippen molar-refractivity contribution in [2.24, 2.45) is 5.92 Å². The van der Waals surface area contributed by atoms with Gasteiger partial charge in [-0.3, -0.25) is 0 Å². The molecule has 5 heterocycles. The van der Waals surface area contributed by atoms with Crippen LogP contribution in [0.25, 0.3) is 28.2 Å². The lowest BCUT2D eigenvalue weighted by molar-refractivity contribution is 0.123. The first kappa shape index (κ1) is 20.4. The van der Waals surface area contributed by atoms with Gasteiger partial charge in [0.2, 0.25) is 0 Å². The molecule has 2 aliphatic rings. The fourth-order valence-corrected chi connectivity index (χ4v) is 4.72. The molecule has 6 rings (SSSR count). The van der Waals surface area contributed by atoms with Crippen LogP contribution in [0.4, 0.5) is 5.69 Å². The summed E-state index contributed by atoms with van der Waals surface area (Å²) in [6.07, 6.45) is 4.99. The lowest BCUT2D eigenvalue weighted by Crippen LogP contribution is -2.36. The fraction of sp³-hybridized carbons (Fsp3) is 0.400. The molecule has 0 unspecified atom stereocenters. The van der Waals surface area contributed by atoms with Crippen LogP contribution < -0.4 is 4.90 Å². The number of aromatic nitrogens is 5. The largest absolute Gasteiger partial charge is 0.381 e. The molecule has 8 heteroatoms. The molecular formula is C25H28N6O2. The molecule has 1 atom stereocenters. The zero-order valence-electron chi connectivity index (χ0n) is 18.9. The third-order valence-electron chi connectivity index (χ3n) is 6.51. The molecule has 0 amide bonds. The monoisotopic (exact) mass is 444 g/mol. The third kappa shape index (κ3) is 4.00. The van der Waals surface area contributed by atoms with Gasteiger partial charge in [-0.05, 0) is 25.5 Å². The molecule has 0 saturated carbocycles. The molecule has 1 aromatic carbocycles. The first-order valence-corrected chi connectivity index (χ1v) is 11.6. The maximum absolute atomic E-state index is 5.59. The number of hydrogen-bond donors (Lipinski definition) is 0. The van der Waals surface area contributed by atoms with Gasteiger partial charge >= 0.3 is 0 Å². The predicted molar refractivity (Wildman–Crippen MR) is 127 cm³/mol. The summed E-state index contributed by atoms with van der Waals surface area (Å²) in [5, 5.41) is 4.86. The minimum Gasteiger partial charge on any atom is -0.381 e. The second kappa shape index (κ2) is 8.61. The van der Waals surface area contributed by atoms with E-state index in [-0.39, 0.29) is 0 Å². The molecule has 0 radical (unpaired) electrons. The summed E-state index contributed by atoms with van der Waals surface area (Å²) in [7, 11) is 0. The van der Waals surface area contributed by atoms with Gasteiger partial charge in [-0.25, -0.2) is 14.6 Å². The number of aryl methyl sites for hydroxylation is 1. The smallest absolute Gasteiger partial charge is 0.164 e. The Morgan fingerprint density at radius 2 is 1.97 bits per heavy atom. The van der Waals surface area contributed by atoms with Gasteiger partial charge in [0.15, 0.2) is 11.5 Å². The van der Waals surface area contributed by atoms with Crippen molar-refractivity contribution >= 4 is 16.9 Å². The van der Waals surface area contributed by atoms with Crippen molar-refractivity contribution in [3.05, 3.63) is 54.5 Å². The summed E-state index contributed by atoms with van der Waals surface area (Å²) in [5.74, 6) is 1.30.